The highest BCUT2D eigenvalue weighted by Crippen LogP contribution is 2.33. The highest BCUT2D eigenvalue weighted by atomic mass is 16.5. The molecule has 1 unspecified atom stereocenters. The van der Waals surface area contributed by atoms with Gasteiger partial charge in [0.05, 0.1) is 29.3 Å². The number of nitrogens with two attached hydrogens (primary N) is 1. The Hall–Kier alpha value is -4.79. The molecular weight excluding hydrogens is 454 g/mol. The molecule has 6 rings (SSSR count). The largest absolute Gasteiger partial charge is 0.493 e. The average Bonchev–Trinajstić information content (AvgIpc) is 3.35. The van der Waals surface area contributed by atoms with Crippen LogP contribution in [0, 0.1) is 0 Å². The molecule has 9 nitrogen and oxygen atoms in total. The van der Waals surface area contributed by atoms with E-state index in [2.05, 4.69) is 25.3 Å². The van der Waals surface area contributed by atoms with Crippen LogP contribution >= 0.6 is 0 Å². The van der Waals surface area contributed by atoms with Gasteiger partial charge in [0.2, 0.25) is 5.95 Å². The van der Waals surface area contributed by atoms with Crippen LogP contribution in [0.15, 0.2) is 73.2 Å². The number of carbonyl (C=O) groups excluding carboxylic acids is 1. The highest BCUT2D eigenvalue weighted by molar-refractivity contribution is 5.94. The van der Waals surface area contributed by atoms with E-state index in [1.54, 1.807) is 24.7 Å². The molecule has 1 aliphatic heterocycles. The number of nitrogens with zero attached hydrogens (tertiary/aromatic N) is 4. The van der Waals surface area contributed by atoms with Gasteiger partial charge in [0.1, 0.15) is 11.6 Å². The van der Waals surface area contributed by atoms with E-state index < -0.39 is 0 Å². The zero-order chi connectivity index (χ0) is 24.5. The van der Waals surface area contributed by atoms with Crippen LogP contribution in [0.4, 0.5) is 5.95 Å². The molecule has 9 heteroatoms. The fourth-order valence-corrected chi connectivity index (χ4v) is 4.42. The van der Waals surface area contributed by atoms with Crippen molar-refractivity contribution in [1.29, 1.82) is 0 Å². The number of pyridine rings is 1. The maximum absolute atomic E-state index is 12.7. The lowest BCUT2D eigenvalue weighted by atomic mass is 9.94. The van der Waals surface area contributed by atoms with Crippen molar-refractivity contribution in [3.63, 3.8) is 0 Å². The van der Waals surface area contributed by atoms with Gasteiger partial charge in [-0.25, -0.2) is 15.0 Å². The molecule has 5 aromatic rings. The van der Waals surface area contributed by atoms with E-state index >= 15 is 0 Å². The molecule has 0 saturated heterocycles. The van der Waals surface area contributed by atoms with Crippen molar-refractivity contribution in [3.05, 3.63) is 95.7 Å². The number of carbonyl (C=O) groups is 1. The zero-order valence-corrected chi connectivity index (χ0v) is 19.3. The van der Waals surface area contributed by atoms with Crippen molar-refractivity contribution in [3.8, 4) is 17.0 Å². The molecular formula is C27H23N7O2. The molecule has 4 N–H and O–H groups in total. The van der Waals surface area contributed by atoms with Gasteiger partial charge in [0.25, 0.3) is 5.91 Å². The number of anilines is 1. The van der Waals surface area contributed by atoms with Crippen LogP contribution in [0.25, 0.3) is 22.3 Å². The Morgan fingerprint density at radius 2 is 2.06 bits per heavy atom. The first-order valence-electron chi connectivity index (χ1n) is 11.6. The number of aromatic nitrogens is 5. The normalized spacial score (nSPS) is 14.7. The van der Waals surface area contributed by atoms with Crippen molar-refractivity contribution >= 4 is 22.9 Å². The lowest BCUT2D eigenvalue weighted by molar-refractivity contribution is 0.0950. The minimum absolute atomic E-state index is 0.0387. The average molecular weight is 478 g/mol. The van der Waals surface area contributed by atoms with Crippen LogP contribution < -0.4 is 15.8 Å². The SMILES string of the molecule is Nc1nccc(-c2ccc3nc(C4COc5ccc(C(=O)NCc6cccnc6)cc5C4)[nH]c3c2)n1. The van der Waals surface area contributed by atoms with Crippen LogP contribution in [0.1, 0.15) is 33.2 Å². The molecule has 0 radical (unpaired) electrons. The summed E-state index contributed by atoms with van der Waals surface area (Å²) < 4.78 is 6.03. The van der Waals surface area contributed by atoms with Gasteiger partial charge in [-0.15, -0.1) is 0 Å². The highest BCUT2D eigenvalue weighted by Gasteiger charge is 2.25. The third-order valence-electron chi connectivity index (χ3n) is 6.26. The smallest absolute Gasteiger partial charge is 0.251 e. The quantitative estimate of drug-likeness (QED) is 0.352. The number of aromatic amines is 1. The molecule has 3 aromatic heterocycles. The molecule has 2 aromatic carbocycles. The molecule has 4 heterocycles. The second-order valence-corrected chi connectivity index (χ2v) is 8.73. The fourth-order valence-electron chi connectivity index (χ4n) is 4.42. The van der Waals surface area contributed by atoms with Crippen LogP contribution in [0.5, 0.6) is 5.75 Å². The molecule has 36 heavy (non-hydrogen) atoms. The third-order valence-corrected chi connectivity index (χ3v) is 6.26. The fraction of sp³-hybridized carbons (Fsp3) is 0.148. The molecule has 0 spiro atoms. The topological polar surface area (TPSA) is 132 Å². The summed E-state index contributed by atoms with van der Waals surface area (Å²) in [7, 11) is 0. The number of benzene rings is 2. The Morgan fingerprint density at radius 1 is 1.11 bits per heavy atom. The summed E-state index contributed by atoms with van der Waals surface area (Å²) in [4.78, 5) is 33.3. The standard InChI is InChI=1S/C27H23N7O2/c28-27-30-9-7-21(34-27)17-3-5-22-23(12-17)33-25(32-22)20-11-19-10-18(4-6-24(19)36-15-20)26(35)31-14-16-2-1-8-29-13-16/h1-10,12-13,20H,11,14-15H2,(H,31,35)(H,32,33)(H2,28,30,34). The first-order chi connectivity index (χ1) is 17.6. The molecule has 0 fully saturated rings. The zero-order valence-electron chi connectivity index (χ0n) is 19.3. The first kappa shape index (κ1) is 21.7. The van der Waals surface area contributed by atoms with E-state index in [1.807, 2.05) is 48.5 Å². The Morgan fingerprint density at radius 3 is 2.92 bits per heavy atom. The molecule has 1 amide bonds. The van der Waals surface area contributed by atoms with E-state index in [0.717, 1.165) is 45.0 Å². The Bertz CT molecular complexity index is 1570. The Balaban J connectivity index is 1.20. The van der Waals surface area contributed by atoms with Crippen LogP contribution in [0.3, 0.4) is 0 Å². The van der Waals surface area contributed by atoms with Gasteiger partial charge in [-0.1, -0.05) is 12.1 Å². The number of amides is 1. The molecule has 0 bridgehead atoms. The molecule has 1 atom stereocenters. The first-order valence-corrected chi connectivity index (χ1v) is 11.6. The molecule has 0 aliphatic carbocycles. The van der Waals surface area contributed by atoms with Gasteiger partial charge in [-0.3, -0.25) is 9.78 Å². The number of H-pyrrole nitrogens is 1. The monoisotopic (exact) mass is 477 g/mol. The summed E-state index contributed by atoms with van der Waals surface area (Å²) in [6, 6.07) is 17.1. The maximum Gasteiger partial charge on any atom is 0.251 e. The predicted molar refractivity (Wildman–Crippen MR) is 135 cm³/mol. The summed E-state index contributed by atoms with van der Waals surface area (Å²) in [5.74, 6) is 1.79. The number of nitrogens with one attached hydrogen (secondary N) is 2. The lowest BCUT2D eigenvalue weighted by Gasteiger charge is -2.24. The van der Waals surface area contributed by atoms with E-state index in [1.165, 1.54) is 0 Å². The minimum atomic E-state index is -0.134. The predicted octanol–water partition coefficient (Wildman–Crippen LogP) is 3.65. The van der Waals surface area contributed by atoms with Gasteiger partial charge in [0.15, 0.2) is 0 Å². The van der Waals surface area contributed by atoms with Crippen molar-refractivity contribution in [1.82, 2.24) is 30.2 Å². The summed E-state index contributed by atoms with van der Waals surface area (Å²) >= 11 is 0. The number of imidazole rings is 1. The summed E-state index contributed by atoms with van der Waals surface area (Å²) in [6.45, 7) is 0.931. The molecule has 178 valence electrons. The van der Waals surface area contributed by atoms with Crippen molar-refractivity contribution in [2.45, 2.75) is 18.9 Å². The van der Waals surface area contributed by atoms with Gasteiger partial charge in [-0.05, 0) is 60.0 Å². The number of nitrogen functional groups attached to an aromatic ring is 1. The van der Waals surface area contributed by atoms with E-state index in [4.69, 9.17) is 15.5 Å². The van der Waals surface area contributed by atoms with Gasteiger partial charge in [0, 0.05) is 36.3 Å². The van der Waals surface area contributed by atoms with Crippen molar-refractivity contribution in [2.75, 3.05) is 12.3 Å². The van der Waals surface area contributed by atoms with E-state index in [-0.39, 0.29) is 17.8 Å². The third kappa shape index (κ3) is 4.34. The number of fused-ring (bicyclic) bond motifs is 2. The van der Waals surface area contributed by atoms with E-state index in [0.29, 0.717) is 25.1 Å². The number of hydrogen-bond acceptors (Lipinski definition) is 7. The lowest BCUT2D eigenvalue weighted by Crippen LogP contribution is -2.24. The van der Waals surface area contributed by atoms with Crippen LogP contribution in [-0.2, 0) is 13.0 Å². The maximum atomic E-state index is 12.7. The molecule has 0 saturated carbocycles. The second kappa shape index (κ2) is 9.10. The minimum Gasteiger partial charge on any atom is -0.493 e. The van der Waals surface area contributed by atoms with Gasteiger partial charge in [-0.2, -0.15) is 0 Å². The Kier molecular flexibility index (Phi) is 5.49. The van der Waals surface area contributed by atoms with Crippen molar-refractivity contribution < 1.29 is 9.53 Å². The van der Waals surface area contributed by atoms with Crippen LogP contribution in [-0.4, -0.2) is 37.4 Å². The second-order valence-electron chi connectivity index (χ2n) is 8.73. The van der Waals surface area contributed by atoms with Crippen LogP contribution in [0.2, 0.25) is 0 Å². The summed E-state index contributed by atoms with van der Waals surface area (Å²) in [6.07, 6.45) is 5.81. The number of hydrogen-bond donors (Lipinski definition) is 3. The van der Waals surface area contributed by atoms with Crippen molar-refractivity contribution in [2.24, 2.45) is 0 Å². The molecule has 1 aliphatic rings. The summed E-state index contributed by atoms with van der Waals surface area (Å²) in [5, 5.41) is 2.95. The Labute approximate surface area is 206 Å². The van der Waals surface area contributed by atoms with Gasteiger partial charge >= 0.3 is 0 Å². The van der Waals surface area contributed by atoms with E-state index in [9.17, 15) is 4.79 Å². The summed E-state index contributed by atoms with van der Waals surface area (Å²) in [5.41, 5.74) is 11.7. The number of rotatable bonds is 5. The number of ether oxygens (including phenoxy) is 1. The van der Waals surface area contributed by atoms with Gasteiger partial charge < -0.3 is 20.8 Å².